The van der Waals surface area contributed by atoms with E-state index in [-0.39, 0.29) is 11.6 Å². The molecule has 2 aliphatic heterocycles. The molecular formula is C24H22O5. The van der Waals surface area contributed by atoms with Crippen LogP contribution in [0.4, 0.5) is 0 Å². The first kappa shape index (κ1) is 19.5. The Morgan fingerprint density at radius 1 is 0.793 bits per heavy atom. The Morgan fingerprint density at radius 2 is 1.14 bits per heavy atom. The van der Waals surface area contributed by atoms with Gasteiger partial charge >= 0.3 is 0 Å². The van der Waals surface area contributed by atoms with Crippen LogP contribution in [0.1, 0.15) is 20.7 Å². The van der Waals surface area contributed by atoms with Crippen LogP contribution in [-0.2, 0) is 14.2 Å². The van der Waals surface area contributed by atoms with Crippen molar-refractivity contribution in [1.82, 2.24) is 0 Å². The number of hydrogen-bond donors (Lipinski definition) is 0. The van der Waals surface area contributed by atoms with Gasteiger partial charge in [-0.05, 0) is 12.2 Å². The highest BCUT2D eigenvalue weighted by Crippen LogP contribution is 2.42. The largest absolute Gasteiger partial charge is 0.369 e. The summed E-state index contributed by atoms with van der Waals surface area (Å²) in [4.78, 5) is 27.0. The smallest absolute Gasteiger partial charge is 0.201 e. The van der Waals surface area contributed by atoms with E-state index in [1.54, 1.807) is 48.5 Å². The van der Waals surface area contributed by atoms with Gasteiger partial charge in [0.1, 0.15) is 12.2 Å². The molecule has 2 heterocycles. The molecule has 0 amide bonds. The molecule has 29 heavy (non-hydrogen) atoms. The predicted molar refractivity (Wildman–Crippen MR) is 108 cm³/mol. The third kappa shape index (κ3) is 3.38. The van der Waals surface area contributed by atoms with Gasteiger partial charge in [-0.25, -0.2) is 0 Å². The number of hydrogen-bond acceptors (Lipinski definition) is 5. The number of epoxide rings is 2. The van der Waals surface area contributed by atoms with E-state index >= 15 is 0 Å². The number of benzene rings is 2. The van der Waals surface area contributed by atoms with Crippen molar-refractivity contribution in [2.75, 3.05) is 13.2 Å². The molecule has 2 saturated heterocycles. The summed E-state index contributed by atoms with van der Waals surface area (Å²) in [6, 6.07) is 17.6. The fourth-order valence-corrected chi connectivity index (χ4v) is 3.55. The van der Waals surface area contributed by atoms with Crippen molar-refractivity contribution in [1.29, 1.82) is 0 Å². The molecule has 4 rings (SSSR count). The summed E-state index contributed by atoms with van der Waals surface area (Å²) in [6.07, 6.45) is 1.79. The number of rotatable bonds is 10. The van der Waals surface area contributed by atoms with Gasteiger partial charge in [-0.3, -0.25) is 9.59 Å². The zero-order valence-electron chi connectivity index (χ0n) is 16.0. The maximum Gasteiger partial charge on any atom is 0.201 e. The minimum absolute atomic E-state index is 0.316. The molecule has 5 nitrogen and oxygen atoms in total. The lowest BCUT2D eigenvalue weighted by Gasteiger charge is -2.38. The zero-order chi connectivity index (χ0) is 20.5. The molecule has 2 aliphatic rings. The zero-order valence-corrected chi connectivity index (χ0v) is 16.0. The first-order valence-electron chi connectivity index (χ1n) is 9.47. The topological polar surface area (TPSA) is 68.4 Å². The molecule has 0 bridgehead atoms. The van der Waals surface area contributed by atoms with Crippen molar-refractivity contribution >= 4 is 11.6 Å². The molecular weight excluding hydrogens is 368 g/mol. The van der Waals surface area contributed by atoms with Gasteiger partial charge in [0.2, 0.25) is 11.6 Å². The Morgan fingerprint density at radius 3 is 1.41 bits per heavy atom. The van der Waals surface area contributed by atoms with E-state index in [1.165, 1.54) is 12.2 Å². The monoisotopic (exact) mass is 390 g/mol. The van der Waals surface area contributed by atoms with Crippen LogP contribution in [0.2, 0.25) is 0 Å². The summed E-state index contributed by atoms with van der Waals surface area (Å²) < 4.78 is 17.4. The first-order chi connectivity index (χ1) is 14.1. The maximum absolute atomic E-state index is 13.5. The molecule has 0 saturated carbocycles. The van der Waals surface area contributed by atoms with Crippen LogP contribution in [0, 0.1) is 0 Å². The molecule has 0 aliphatic carbocycles. The molecule has 4 atom stereocenters. The second kappa shape index (κ2) is 7.52. The highest BCUT2D eigenvalue weighted by atomic mass is 16.6. The Labute approximate surface area is 169 Å². The minimum atomic E-state index is -1.54. The van der Waals surface area contributed by atoms with Crippen LogP contribution in [-0.4, -0.2) is 48.2 Å². The average molecular weight is 390 g/mol. The summed E-state index contributed by atoms with van der Waals surface area (Å²) >= 11 is 0. The fraction of sp³-hybridized carbons (Fsp3) is 0.250. The molecule has 2 aromatic carbocycles. The van der Waals surface area contributed by atoms with Crippen molar-refractivity contribution < 1.29 is 23.8 Å². The lowest BCUT2D eigenvalue weighted by molar-refractivity contribution is -0.0877. The van der Waals surface area contributed by atoms with E-state index in [4.69, 9.17) is 14.2 Å². The Bertz CT molecular complexity index is 853. The number of Topliss-reactive ketones (excluding diaryl/α,β-unsaturated/α-hetero) is 2. The Balaban J connectivity index is 1.78. The van der Waals surface area contributed by atoms with Gasteiger partial charge in [0.15, 0.2) is 11.2 Å². The van der Waals surface area contributed by atoms with Crippen LogP contribution in [0.5, 0.6) is 0 Å². The highest BCUT2D eigenvalue weighted by Gasteiger charge is 2.61. The number of carbonyl (C=O) groups excluding carboxylic acids is 2. The lowest BCUT2D eigenvalue weighted by Crippen LogP contribution is -2.57. The Hall–Kier alpha value is -2.86. The normalized spacial score (nSPS) is 23.9. The fourth-order valence-electron chi connectivity index (χ4n) is 3.55. The van der Waals surface area contributed by atoms with E-state index in [0.29, 0.717) is 24.3 Å². The summed E-state index contributed by atoms with van der Waals surface area (Å²) in [6.45, 7) is 8.39. The molecule has 0 radical (unpaired) electrons. The molecule has 0 spiro atoms. The van der Waals surface area contributed by atoms with Crippen LogP contribution in [0.25, 0.3) is 0 Å². The molecule has 0 aromatic heterocycles. The van der Waals surface area contributed by atoms with Gasteiger partial charge in [-0.1, -0.05) is 73.8 Å². The predicted octanol–water partition coefficient (Wildman–Crippen LogP) is 3.42. The van der Waals surface area contributed by atoms with E-state index in [2.05, 4.69) is 13.2 Å². The van der Waals surface area contributed by atoms with Gasteiger partial charge in [-0.2, -0.15) is 0 Å². The molecule has 2 fully saturated rings. The average Bonchev–Trinajstić information content (AvgIpc) is 3.68. The summed E-state index contributed by atoms with van der Waals surface area (Å²) in [7, 11) is 0. The molecule has 5 heteroatoms. The van der Waals surface area contributed by atoms with Crippen molar-refractivity contribution in [2.45, 2.75) is 23.4 Å². The van der Waals surface area contributed by atoms with Crippen molar-refractivity contribution in [2.24, 2.45) is 0 Å². The quantitative estimate of drug-likeness (QED) is 0.353. The Kier molecular flexibility index (Phi) is 5.04. The second-order valence-electron chi connectivity index (χ2n) is 7.13. The van der Waals surface area contributed by atoms with E-state index in [9.17, 15) is 9.59 Å². The van der Waals surface area contributed by atoms with Crippen molar-refractivity contribution in [3.05, 3.63) is 97.1 Å². The SMILES string of the molecule is C=CC(OC(C=C)(C(=O)c1ccccc1)C1CO1)(C(=O)c1ccccc1)C1CO1. The van der Waals surface area contributed by atoms with Crippen LogP contribution in [0.15, 0.2) is 86.0 Å². The summed E-state index contributed by atoms with van der Waals surface area (Å²) in [5.74, 6) is -0.633. The third-order valence-corrected chi connectivity index (χ3v) is 5.35. The summed E-state index contributed by atoms with van der Waals surface area (Å²) in [5.41, 5.74) is -2.17. The van der Waals surface area contributed by atoms with Gasteiger partial charge in [0, 0.05) is 11.1 Å². The molecule has 0 N–H and O–H groups in total. The van der Waals surface area contributed by atoms with Gasteiger partial charge < -0.3 is 14.2 Å². The van der Waals surface area contributed by atoms with E-state index in [1.807, 2.05) is 12.1 Å². The van der Waals surface area contributed by atoms with E-state index < -0.39 is 23.4 Å². The minimum Gasteiger partial charge on any atom is -0.369 e. The number of ketones is 2. The van der Waals surface area contributed by atoms with Gasteiger partial charge in [-0.15, -0.1) is 0 Å². The number of ether oxygens (including phenoxy) is 3. The maximum atomic E-state index is 13.5. The first-order valence-corrected chi connectivity index (χ1v) is 9.47. The van der Waals surface area contributed by atoms with E-state index in [0.717, 1.165) is 0 Å². The van der Waals surface area contributed by atoms with Crippen LogP contribution >= 0.6 is 0 Å². The number of carbonyl (C=O) groups is 2. The summed E-state index contributed by atoms with van der Waals surface area (Å²) in [5, 5.41) is 0. The van der Waals surface area contributed by atoms with Crippen LogP contribution in [0.3, 0.4) is 0 Å². The standard InChI is InChI=1S/C24H22O5/c1-3-23(19-15-27-19,21(25)17-11-7-5-8-12-17)29-24(4-2,20-16-28-20)22(26)18-13-9-6-10-14-18/h3-14,19-20H,1-2,15-16H2. The van der Waals surface area contributed by atoms with Crippen molar-refractivity contribution in [3.63, 3.8) is 0 Å². The molecule has 4 unspecified atom stereocenters. The van der Waals surface area contributed by atoms with Crippen LogP contribution < -0.4 is 0 Å². The highest BCUT2D eigenvalue weighted by molar-refractivity contribution is 6.07. The molecule has 2 aromatic rings. The van der Waals surface area contributed by atoms with Crippen molar-refractivity contribution in [3.8, 4) is 0 Å². The lowest BCUT2D eigenvalue weighted by atomic mass is 9.84. The second-order valence-corrected chi connectivity index (χ2v) is 7.13. The van der Waals surface area contributed by atoms with Gasteiger partial charge in [0.25, 0.3) is 0 Å². The molecule has 148 valence electrons. The van der Waals surface area contributed by atoms with Gasteiger partial charge in [0.05, 0.1) is 13.2 Å². The third-order valence-electron chi connectivity index (χ3n) is 5.35.